The molecule has 0 aromatic carbocycles. The molecule has 0 radical (unpaired) electrons. The van der Waals surface area contributed by atoms with E-state index in [0.29, 0.717) is 25.8 Å². The van der Waals surface area contributed by atoms with E-state index in [1.165, 1.54) is 0 Å². The van der Waals surface area contributed by atoms with Crippen molar-refractivity contribution in [3.8, 4) is 6.07 Å². The van der Waals surface area contributed by atoms with Gasteiger partial charge in [0.25, 0.3) is 0 Å². The monoisotopic (exact) mass is 223 g/mol. The van der Waals surface area contributed by atoms with E-state index in [-0.39, 0.29) is 17.9 Å². The second kappa shape index (κ2) is 5.50. The largest absolute Gasteiger partial charge is 0.350 e. The summed E-state index contributed by atoms with van der Waals surface area (Å²) in [6, 6.07) is 1.95. The van der Waals surface area contributed by atoms with Gasteiger partial charge in [0, 0.05) is 26.1 Å². The van der Waals surface area contributed by atoms with Gasteiger partial charge in [0.2, 0.25) is 11.8 Å². The lowest BCUT2D eigenvalue weighted by molar-refractivity contribution is -0.134. The minimum absolute atomic E-state index is 0.0161. The smallest absolute Gasteiger partial charge is 0.237 e. The van der Waals surface area contributed by atoms with Crippen LogP contribution in [0.1, 0.15) is 26.2 Å². The molecule has 16 heavy (non-hydrogen) atoms. The molecule has 0 aromatic heterocycles. The van der Waals surface area contributed by atoms with Gasteiger partial charge in [-0.2, -0.15) is 5.26 Å². The molecule has 5 heteroatoms. The number of likely N-dealkylation sites (tertiary alicyclic amines) is 1. The summed E-state index contributed by atoms with van der Waals surface area (Å²) in [6.45, 7) is 2.34. The number of likely N-dealkylation sites (N-methyl/N-ethyl adjacent to an activating group) is 1. The van der Waals surface area contributed by atoms with Gasteiger partial charge in [0.1, 0.15) is 5.92 Å². The predicted octanol–water partition coefficient (Wildman–Crippen LogP) is 0.273. The Morgan fingerprint density at radius 2 is 2.44 bits per heavy atom. The minimum Gasteiger partial charge on any atom is -0.350 e. The summed E-state index contributed by atoms with van der Waals surface area (Å²) in [7, 11) is 1.72. The van der Waals surface area contributed by atoms with Crippen LogP contribution in [0.5, 0.6) is 0 Å². The number of hydrogen-bond donors (Lipinski definition) is 1. The van der Waals surface area contributed by atoms with Crippen molar-refractivity contribution in [2.45, 2.75) is 32.2 Å². The number of hydrogen-bond acceptors (Lipinski definition) is 3. The molecule has 5 nitrogen and oxygen atoms in total. The number of amides is 2. The van der Waals surface area contributed by atoms with E-state index in [9.17, 15) is 9.59 Å². The number of nitrogens with one attached hydrogen (secondary N) is 1. The molecule has 1 N–H and O–H groups in total. The number of carbonyl (C=O) groups excluding carboxylic acids is 2. The summed E-state index contributed by atoms with van der Waals surface area (Å²) in [6.07, 6.45) is 1.64. The van der Waals surface area contributed by atoms with Crippen molar-refractivity contribution >= 4 is 11.8 Å². The fourth-order valence-electron chi connectivity index (χ4n) is 1.77. The maximum absolute atomic E-state index is 11.6. The molecule has 0 aromatic rings. The quantitative estimate of drug-likeness (QED) is 0.746. The number of carbonyl (C=O) groups is 2. The van der Waals surface area contributed by atoms with Crippen LogP contribution in [0.25, 0.3) is 0 Å². The zero-order chi connectivity index (χ0) is 12.1. The Labute approximate surface area is 95.4 Å². The average molecular weight is 223 g/mol. The third-order valence-electron chi connectivity index (χ3n) is 2.85. The summed E-state index contributed by atoms with van der Waals surface area (Å²) in [5, 5.41) is 11.6. The lowest BCUT2D eigenvalue weighted by Gasteiger charge is -2.30. The van der Waals surface area contributed by atoms with Crippen molar-refractivity contribution in [1.82, 2.24) is 10.2 Å². The van der Waals surface area contributed by atoms with Crippen molar-refractivity contribution in [3.63, 3.8) is 0 Å². The van der Waals surface area contributed by atoms with Gasteiger partial charge in [-0.15, -0.1) is 0 Å². The van der Waals surface area contributed by atoms with Crippen LogP contribution in [-0.4, -0.2) is 36.3 Å². The molecule has 2 unspecified atom stereocenters. The lowest BCUT2D eigenvalue weighted by Crippen LogP contribution is -2.49. The van der Waals surface area contributed by atoms with E-state index in [1.807, 2.05) is 13.0 Å². The topological polar surface area (TPSA) is 73.2 Å². The molecule has 1 saturated heterocycles. The summed E-state index contributed by atoms with van der Waals surface area (Å²) in [5.74, 6) is -0.696. The minimum atomic E-state index is -0.581. The van der Waals surface area contributed by atoms with E-state index in [0.717, 1.165) is 0 Å². The highest BCUT2D eigenvalue weighted by atomic mass is 16.2. The maximum atomic E-state index is 11.6. The summed E-state index contributed by atoms with van der Waals surface area (Å²) < 4.78 is 0. The molecule has 1 fully saturated rings. The number of rotatable bonds is 3. The Kier molecular flexibility index (Phi) is 4.29. The number of nitrogens with zero attached hydrogens (tertiary/aromatic N) is 2. The van der Waals surface area contributed by atoms with E-state index in [4.69, 9.17) is 5.26 Å². The number of piperidine rings is 1. The Balaban J connectivity index is 2.47. The van der Waals surface area contributed by atoms with Crippen LogP contribution in [-0.2, 0) is 9.59 Å². The van der Waals surface area contributed by atoms with Crippen LogP contribution in [0, 0.1) is 17.2 Å². The van der Waals surface area contributed by atoms with Crippen LogP contribution < -0.4 is 5.32 Å². The van der Waals surface area contributed by atoms with Gasteiger partial charge in [-0.1, -0.05) is 6.92 Å². The maximum Gasteiger partial charge on any atom is 0.237 e. The van der Waals surface area contributed by atoms with Gasteiger partial charge in [0.05, 0.1) is 6.07 Å². The van der Waals surface area contributed by atoms with Crippen molar-refractivity contribution < 1.29 is 9.59 Å². The van der Waals surface area contributed by atoms with E-state index < -0.39 is 5.92 Å². The normalized spacial score (nSPS) is 22.4. The van der Waals surface area contributed by atoms with Crippen LogP contribution in [0.4, 0.5) is 0 Å². The Bertz CT molecular complexity index is 322. The molecule has 2 atom stereocenters. The highest BCUT2D eigenvalue weighted by Crippen LogP contribution is 2.11. The van der Waals surface area contributed by atoms with Gasteiger partial charge in [-0.3, -0.25) is 9.59 Å². The predicted molar refractivity (Wildman–Crippen MR) is 58.2 cm³/mol. The van der Waals surface area contributed by atoms with Crippen molar-refractivity contribution in [2.75, 3.05) is 13.6 Å². The molecule has 2 amide bonds. The molecule has 0 spiro atoms. The van der Waals surface area contributed by atoms with Crippen LogP contribution in [0.3, 0.4) is 0 Å². The first-order valence-corrected chi connectivity index (χ1v) is 5.52. The highest BCUT2D eigenvalue weighted by molar-refractivity contribution is 5.82. The van der Waals surface area contributed by atoms with Crippen molar-refractivity contribution in [2.24, 2.45) is 5.92 Å². The van der Waals surface area contributed by atoms with Crippen LogP contribution in [0.15, 0.2) is 0 Å². The van der Waals surface area contributed by atoms with Crippen LogP contribution in [0.2, 0.25) is 0 Å². The first-order valence-electron chi connectivity index (χ1n) is 5.52. The van der Waals surface area contributed by atoms with Gasteiger partial charge < -0.3 is 10.2 Å². The fourth-order valence-corrected chi connectivity index (χ4v) is 1.77. The highest BCUT2D eigenvalue weighted by Gasteiger charge is 2.26. The second-order valence-electron chi connectivity index (χ2n) is 4.11. The summed E-state index contributed by atoms with van der Waals surface area (Å²) in [4.78, 5) is 24.5. The van der Waals surface area contributed by atoms with Gasteiger partial charge in [0.15, 0.2) is 0 Å². The Morgan fingerprint density at radius 3 is 2.94 bits per heavy atom. The zero-order valence-electron chi connectivity index (χ0n) is 9.69. The molecule has 1 aliphatic heterocycles. The molecule has 1 rings (SSSR count). The molecule has 1 heterocycles. The van der Waals surface area contributed by atoms with Crippen molar-refractivity contribution in [3.05, 3.63) is 0 Å². The van der Waals surface area contributed by atoms with Gasteiger partial charge in [-0.25, -0.2) is 0 Å². The van der Waals surface area contributed by atoms with E-state index in [2.05, 4.69) is 5.32 Å². The summed E-state index contributed by atoms with van der Waals surface area (Å²) >= 11 is 0. The standard InChI is InChI=1S/C11H17N3O2/c1-3-8(6-12)11(16)13-9-4-5-10(15)14(2)7-9/h8-9H,3-5,7H2,1-2H3,(H,13,16). The summed E-state index contributed by atoms with van der Waals surface area (Å²) in [5.41, 5.74) is 0. The van der Waals surface area contributed by atoms with Crippen molar-refractivity contribution in [1.29, 1.82) is 5.26 Å². The van der Waals surface area contributed by atoms with Gasteiger partial charge in [-0.05, 0) is 12.8 Å². The first kappa shape index (κ1) is 12.5. The van der Waals surface area contributed by atoms with E-state index >= 15 is 0 Å². The van der Waals surface area contributed by atoms with Gasteiger partial charge >= 0.3 is 0 Å². The second-order valence-corrected chi connectivity index (χ2v) is 4.11. The Hall–Kier alpha value is -1.57. The third-order valence-corrected chi connectivity index (χ3v) is 2.85. The molecule has 0 bridgehead atoms. The SMILES string of the molecule is CCC(C#N)C(=O)NC1CCC(=O)N(C)C1. The molecule has 1 aliphatic rings. The average Bonchev–Trinajstić information content (AvgIpc) is 2.25. The van der Waals surface area contributed by atoms with E-state index in [1.54, 1.807) is 11.9 Å². The molecular weight excluding hydrogens is 206 g/mol. The fraction of sp³-hybridized carbons (Fsp3) is 0.727. The Morgan fingerprint density at radius 1 is 1.75 bits per heavy atom. The molecule has 88 valence electrons. The molecule has 0 aliphatic carbocycles. The number of nitriles is 1. The first-order chi connectivity index (χ1) is 7.58. The van der Waals surface area contributed by atoms with Crippen LogP contribution >= 0.6 is 0 Å². The third kappa shape index (κ3) is 2.96. The molecule has 0 saturated carbocycles. The molecular formula is C11H17N3O2. The lowest BCUT2D eigenvalue weighted by atomic mass is 10.0. The zero-order valence-corrected chi connectivity index (χ0v) is 9.69.